The number of hydrogen-bond acceptors (Lipinski definition) is 4. The molecule has 0 saturated carbocycles. The fraction of sp³-hybridized carbons (Fsp3) is 0.208. The Bertz CT molecular complexity index is 1450. The molecular formula is C24H20B2F2N4O2. The normalized spacial score (nSPS) is 17.2. The van der Waals surface area contributed by atoms with Gasteiger partial charge >= 0.3 is 0 Å². The van der Waals surface area contributed by atoms with Crippen molar-refractivity contribution in [3.05, 3.63) is 83.3 Å². The minimum absolute atomic E-state index is 0.146. The van der Waals surface area contributed by atoms with Crippen LogP contribution in [0.15, 0.2) is 54.9 Å². The van der Waals surface area contributed by atoms with Gasteiger partial charge in [0, 0.05) is 22.5 Å². The Morgan fingerprint density at radius 3 is 2.50 bits per heavy atom. The molecule has 6 nitrogen and oxygen atoms in total. The van der Waals surface area contributed by atoms with Gasteiger partial charge in [0.2, 0.25) is 0 Å². The Balaban J connectivity index is 1.37. The molecule has 2 aromatic carbocycles. The number of carbonyl (C=O) groups is 1. The third kappa shape index (κ3) is 3.01. The fourth-order valence-corrected chi connectivity index (χ4v) is 4.91. The van der Waals surface area contributed by atoms with E-state index in [9.17, 15) is 4.79 Å². The first kappa shape index (κ1) is 21.0. The second-order valence-electron chi connectivity index (χ2n) is 9.29. The van der Waals surface area contributed by atoms with Crippen molar-refractivity contribution in [1.29, 1.82) is 0 Å². The Morgan fingerprint density at radius 1 is 1.09 bits per heavy atom. The van der Waals surface area contributed by atoms with Crippen LogP contribution in [0.5, 0.6) is 0 Å². The van der Waals surface area contributed by atoms with Crippen LogP contribution in [0.2, 0.25) is 0 Å². The lowest BCUT2D eigenvalue weighted by Crippen LogP contribution is -2.45. The van der Waals surface area contributed by atoms with E-state index in [1.807, 2.05) is 38.6 Å². The third-order valence-electron chi connectivity index (χ3n) is 6.91. The number of hydrogen-bond donors (Lipinski definition) is 0. The number of carbonyl (C=O) groups excluding carboxylic acids is 1. The van der Waals surface area contributed by atoms with E-state index in [-0.39, 0.29) is 24.1 Å². The molecule has 2 aliphatic rings. The smallest absolute Gasteiger partial charge is 0.255 e. The monoisotopic (exact) mass is 456 g/mol. The first-order valence-corrected chi connectivity index (χ1v) is 11.2. The van der Waals surface area contributed by atoms with Crippen molar-refractivity contribution in [2.45, 2.75) is 17.9 Å². The quantitative estimate of drug-likeness (QED) is 0.441. The van der Waals surface area contributed by atoms with Crippen LogP contribution in [0.3, 0.4) is 0 Å². The van der Waals surface area contributed by atoms with E-state index < -0.39 is 17.0 Å². The van der Waals surface area contributed by atoms with Gasteiger partial charge in [-0.15, -0.1) is 0 Å². The number of amides is 1. The maximum absolute atomic E-state index is 15.3. The number of fused-ring (bicyclic) bond motifs is 2. The van der Waals surface area contributed by atoms with Crippen molar-refractivity contribution >= 4 is 32.5 Å². The summed E-state index contributed by atoms with van der Waals surface area (Å²) in [5, 5.41) is 4.51. The highest BCUT2D eigenvalue weighted by Crippen LogP contribution is 2.37. The van der Waals surface area contributed by atoms with Crippen molar-refractivity contribution < 1.29 is 18.3 Å². The predicted molar refractivity (Wildman–Crippen MR) is 128 cm³/mol. The van der Waals surface area contributed by atoms with E-state index >= 15 is 8.78 Å². The fourth-order valence-electron chi connectivity index (χ4n) is 4.91. The van der Waals surface area contributed by atoms with Gasteiger partial charge < -0.3 is 9.64 Å². The molecule has 1 amide bonds. The summed E-state index contributed by atoms with van der Waals surface area (Å²) < 4.78 is 37.8. The molecule has 0 spiro atoms. The molecular weight excluding hydrogens is 436 g/mol. The molecule has 0 radical (unpaired) electrons. The number of benzene rings is 2. The van der Waals surface area contributed by atoms with Gasteiger partial charge in [-0.25, -0.2) is 8.78 Å². The maximum Gasteiger partial charge on any atom is 0.255 e. The summed E-state index contributed by atoms with van der Waals surface area (Å²) in [5.74, 6) is -1.67. The highest BCUT2D eigenvalue weighted by Gasteiger charge is 2.44. The Morgan fingerprint density at radius 2 is 1.82 bits per heavy atom. The minimum atomic E-state index is -0.781. The number of nitrogens with zero attached hydrogens (tertiary/aromatic N) is 4. The SMILES string of the molecule is BC1(B)c2ncccc2C(=O)N1Cc1c(F)cc(-c2cccc3c2cnn3C2COC2)cc1F. The summed E-state index contributed by atoms with van der Waals surface area (Å²) in [4.78, 5) is 18.8. The molecule has 0 N–H and O–H groups in total. The second kappa shape index (κ2) is 7.50. The van der Waals surface area contributed by atoms with Crippen molar-refractivity contribution in [3.8, 4) is 11.1 Å². The zero-order chi connectivity index (χ0) is 23.6. The number of pyridine rings is 1. The van der Waals surface area contributed by atoms with Crippen LogP contribution in [0.1, 0.15) is 27.7 Å². The maximum atomic E-state index is 15.3. The molecule has 1 saturated heterocycles. The first-order valence-electron chi connectivity index (χ1n) is 11.2. The number of aromatic nitrogens is 3. The molecule has 10 heteroatoms. The average Bonchev–Trinajstić information content (AvgIpc) is 3.28. The second-order valence-corrected chi connectivity index (χ2v) is 9.29. The number of halogens is 2. The highest BCUT2D eigenvalue weighted by atomic mass is 19.1. The van der Waals surface area contributed by atoms with Gasteiger partial charge in [0.25, 0.3) is 5.91 Å². The van der Waals surface area contributed by atoms with Crippen LogP contribution >= 0.6 is 0 Å². The summed E-state index contributed by atoms with van der Waals surface area (Å²) in [6.45, 7) is 1.01. The van der Waals surface area contributed by atoms with E-state index in [4.69, 9.17) is 4.74 Å². The van der Waals surface area contributed by atoms with Gasteiger partial charge in [0.15, 0.2) is 0 Å². The van der Waals surface area contributed by atoms with Crippen molar-refractivity contribution in [2.24, 2.45) is 0 Å². The van der Waals surface area contributed by atoms with E-state index in [0.717, 1.165) is 10.9 Å². The van der Waals surface area contributed by atoms with Gasteiger partial charge in [0.05, 0.1) is 48.8 Å². The van der Waals surface area contributed by atoms with Crippen LogP contribution in [0, 0.1) is 11.6 Å². The van der Waals surface area contributed by atoms with Gasteiger partial charge in [0.1, 0.15) is 27.3 Å². The molecule has 0 aliphatic carbocycles. The van der Waals surface area contributed by atoms with Crippen LogP contribution in [0.4, 0.5) is 8.78 Å². The van der Waals surface area contributed by atoms with E-state index in [1.54, 1.807) is 24.5 Å². The lowest BCUT2D eigenvalue weighted by molar-refractivity contribution is -0.0266. The molecule has 2 aromatic heterocycles. The van der Waals surface area contributed by atoms with E-state index in [1.165, 1.54) is 17.0 Å². The average molecular weight is 456 g/mol. The molecule has 4 aromatic rings. The molecule has 0 bridgehead atoms. The molecule has 168 valence electrons. The summed E-state index contributed by atoms with van der Waals surface area (Å²) in [7, 11) is 3.67. The molecule has 1 fully saturated rings. The van der Waals surface area contributed by atoms with Gasteiger partial charge in [-0.2, -0.15) is 5.10 Å². The molecule has 0 atom stereocenters. The molecule has 2 aliphatic heterocycles. The zero-order valence-corrected chi connectivity index (χ0v) is 18.8. The summed E-state index contributed by atoms with van der Waals surface area (Å²) >= 11 is 0. The summed E-state index contributed by atoms with van der Waals surface area (Å²) in [5.41, 5.74) is 2.94. The van der Waals surface area contributed by atoms with E-state index in [2.05, 4.69) is 10.1 Å². The molecule has 0 unspecified atom stereocenters. The van der Waals surface area contributed by atoms with Crippen LogP contribution < -0.4 is 0 Å². The number of ether oxygens (including phenoxy) is 1. The Labute approximate surface area is 196 Å². The first-order chi connectivity index (χ1) is 16.4. The van der Waals surface area contributed by atoms with Crippen molar-refractivity contribution in [3.63, 3.8) is 0 Å². The molecule has 4 heterocycles. The number of rotatable bonds is 4. The van der Waals surface area contributed by atoms with Crippen LogP contribution in [0.25, 0.3) is 22.0 Å². The Kier molecular flexibility index (Phi) is 4.64. The van der Waals surface area contributed by atoms with Gasteiger partial charge in [-0.05, 0) is 41.5 Å². The van der Waals surface area contributed by atoms with E-state index in [0.29, 0.717) is 35.6 Å². The molecule has 6 rings (SSSR count). The minimum Gasteiger partial charge on any atom is -0.377 e. The van der Waals surface area contributed by atoms with Crippen molar-refractivity contribution in [1.82, 2.24) is 19.7 Å². The summed E-state index contributed by atoms with van der Waals surface area (Å²) in [6, 6.07) is 11.8. The van der Waals surface area contributed by atoms with Crippen molar-refractivity contribution in [2.75, 3.05) is 13.2 Å². The van der Waals surface area contributed by atoms with Crippen LogP contribution in [-0.4, -0.2) is 54.5 Å². The summed E-state index contributed by atoms with van der Waals surface area (Å²) in [6.07, 6.45) is 3.34. The van der Waals surface area contributed by atoms with Gasteiger partial charge in [-0.3, -0.25) is 14.5 Å². The largest absolute Gasteiger partial charge is 0.377 e. The highest BCUT2D eigenvalue weighted by molar-refractivity contribution is 6.42. The Hall–Kier alpha value is -3.52. The van der Waals surface area contributed by atoms with Gasteiger partial charge in [-0.1, -0.05) is 12.1 Å². The van der Waals surface area contributed by atoms with Crippen LogP contribution in [-0.2, 0) is 16.6 Å². The lowest BCUT2D eigenvalue weighted by Gasteiger charge is -2.32. The zero-order valence-electron chi connectivity index (χ0n) is 18.8. The predicted octanol–water partition coefficient (Wildman–Crippen LogP) is 1.98. The third-order valence-corrected chi connectivity index (χ3v) is 6.91. The molecule has 34 heavy (non-hydrogen) atoms. The topological polar surface area (TPSA) is 60.2 Å². The standard InChI is InChI=1S/C24H20B2F2N4O2/c25-24(26)22-16(4-2-6-29-22)23(33)31(24)10-18-19(27)7-13(8-20(18)28)15-3-1-5-21-17(15)9-30-32(21)14-11-34-12-14/h1-9,14H,10-12,25-26H2. The lowest BCUT2D eigenvalue weighted by atomic mass is 9.59.